The number of anilines is 1. The van der Waals surface area contributed by atoms with E-state index in [-0.39, 0.29) is 12.2 Å². The number of halogens is 3. The molecular weight excluding hydrogens is 544 g/mol. The molecule has 0 fully saturated rings. The van der Waals surface area contributed by atoms with Gasteiger partial charge in [-0.3, -0.25) is 4.79 Å². The normalized spacial score (nSPS) is 11.0. The number of nitriles is 1. The summed E-state index contributed by atoms with van der Waals surface area (Å²) < 4.78 is 7.35. The number of hydrogen-bond acceptors (Lipinski definition) is 3. The Morgan fingerprint density at radius 2 is 1.77 bits per heavy atom. The summed E-state index contributed by atoms with van der Waals surface area (Å²) in [5.74, 6) is 0.0225. The van der Waals surface area contributed by atoms with Crippen LogP contribution in [0.25, 0.3) is 6.08 Å². The highest BCUT2D eigenvalue weighted by Crippen LogP contribution is 2.33. The summed E-state index contributed by atoms with van der Waals surface area (Å²) in [7, 11) is 0. The van der Waals surface area contributed by atoms with Crippen molar-refractivity contribution in [3.8, 4) is 11.8 Å². The molecule has 3 aromatic rings. The largest absolute Gasteiger partial charge is 0.488 e. The molecule has 4 nitrogen and oxygen atoms in total. The van der Waals surface area contributed by atoms with E-state index in [1.807, 2.05) is 55.5 Å². The third-order valence-corrected chi connectivity index (χ3v) is 5.97. The maximum atomic E-state index is 12.8. The van der Waals surface area contributed by atoms with E-state index >= 15 is 0 Å². The molecule has 156 valence electrons. The highest BCUT2D eigenvalue weighted by molar-refractivity contribution is 9.11. The molecule has 3 aromatic carbocycles. The third-order valence-electron chi connectivity index (χ3n) is 4.35. The summed E-state index contributed by atoms with van der Waals surface area (Å²) in [5, 5.41) is 13.0. The number of rotatable bonds is 6. The first-order chi connectivity index (χ1) is 14.9. The van der Waals surface area contributed by atoms with E-state index in [4.69, 9.17) is 16.3 Å². The SMILES string of the molecule is Cc1cc(Br)c(NC(=O)/C(C#N)=C/c2ccccc2OCc2ccccc2Cl)c(Br)c1. The van der Waals surface area contributed by atoms with Crippen molar-refractivity contribution in [2.45, 2.75) is 13.5 Å². The fourth-order valence-corrected chi connectivity index (χ4v) is 4.61. The summed E-state index contributed by atoms with van der Waals surface area (Å²) in [5.41, 5.74) is 2.99. The zero-order valence-electron chi connectivity index (χ0n) is 16.5. The van der Waals surface area contributed by atoms with Gasteiger partial charge in [-0.1, -0.05) is 48.0 Å². The molecule has 0 aliphatic rings. The molecule has 0 atom stereocenters. The molecule has 0 spiro atoms. The van der Waals surface area contributed by atoms with Crippen LogP contribution in [0.1, 0.15) is 16.7 Å². The lowest BCUT2D eigenvalue weighted by atomic mass is 10.1. The minimum atomic E-state index is -0.520. The Labute approximate surface area is 202 Å². The van der Waals surface area contributed by atoms with Crippen LogP contribution in [0.5, 0.6) is 5.75 Å². The van der Waals surface area contributed by atoms with E-state index < -0.39 is 5.91 Å². The first-order valence-electron chi connectivity index (χ1n) is 9.23. The van der Waals surface area contributed by atoms with Crippen molar-refractivity contribution >= 4 is 61.1 Å². The van der Waals surface area contributed by atoms with Crippen LogP contribution < -0.4 is 10.1 Å². The first-order valence-corrected chi connectivity index (χ1v) is 11.2. The van der Waals surface area contributed by atoms with Crippen LogP contribution in [0.15, 0.2) is 75.2 Å². The van der Waals surface area contributed by atoms with Gasteiger partial charge in [0.05, 0.1) is 5.69 Å². The van der Waals surface area contributed by atoms with E-state index in [0.29, 0.717) is 31.0 Å². The highest BCUT2D eigenvalue weighted by Gasteiger charge is 2.15. The predicted molar refractivity (Wildman–Crippen MR) is 131 cm³/mol. The predicted octanol–water partition coefficient (Wildman–Crippen LogP) is 7.30. The summed E-state index contributed by atoms with van der Waals surface area (Å²) in [4.78, 5) is 12.8. The minimum absolute atomic E-state index is 0.0480. The zero-order chi connectivity index (χ0) is 22.4. The van der Waals surface area contributed by atoms with Crippen molar-refractivity contribution in [3.05, 3.63) is 96.9 Å². The lowest BCUT2D eigenvalue weighted by Gasteiger charge is -2.12. The van der Waals surface area contributed by atoms with Crippen molar-refractivity contribution in [1.82, 2.24) is 0 Å². The van der Waals surface area contributed by atoms with E-state index in [1.165, 1.54) is 6.08 Å². The summed E-state index contributed by atoms with van der Waals surface area (Å²) >= 11 is 13.1. The molecular formula is C24H17Br2ClN2O2. The topological polar surface area (TPSA) is 62.1 Å². The maximum Gasteiger partial charge on any atom is 0.266 e. The van der Waals surface area contributed by atoms with E-state index in [1.54, 1.807) is 18.2 Å². The van der Waals surface area contributed by atoms with Crippen molar-refractivity contribution in [2.75, 3.05) is 5.32 Å². The number of nitrogens with one attached hydrogen (secondary N) is 1. The average Bonchev–Trinajstić information content (AvgIpc) is 2.74. The molecule has 0 radical (unpaired) electrons. The first kappa shape index (κ1) is 23.1. The fraction of sp³-hybridized carbons (Fsp3) is 0.0833. The van der Waals surface area contributed by atoms with Gasteiger partial charge in [0.15, 0.2) is 0 Å². The molecule has 7 heteroatoms. The Hall–Kier alpha value is -2.59. The van der Waals surface area contributed by atoms with Gasteiger partial charge in [0, 0.05) is 25.1 Å². The van der Waals surface area contributed by atoms with Crippen LogP contribution in [0, 0.1) is 18.3 Å². The average molecular weight is 561 g/mol. The maximum absolute atomic E-state index is 12.8. The van der Waals surface area contributed by atoms with Crippen molar-refractivity contribution in [2.24, 2.45) is 0 Å². The van der Waals surface area contributed by atoms with Gasteiger partial charge in [-0.2, -0.15) is 5.26 Å². The molecule has 0 aliphatic heterocycles. The van der Waals surface area contributed by atoms with Gasteiger partial charge in [-0.05, 0) is 74.7 Å². The Kier molecular flexibility index (Phi) is 7.91. The fourth-order valence-electron chi connectivity index (χ4n) is 2.81. The van der Waals surface area contributed by atoms with E-state index in [9.17, 15) is 10.1 Å². The van der Waals surface area contributed by atoms with E-state index in [2.05, 4.69) is 37.2 Å². The van der Waals surface area contributed by atoms with Crippen LogP contribution in [0.4, 0.5) is 5.69 Å². The van der Waals surface area contributed by atoms with Crippen LogP contribution in [0.2, 0.25) is 5.02 Å². The van der Waals surface area contributed by atoms with Crippen LogP contribution in [-0.2, 0) is 11.4 Å². The highest BCUT2D eigenvalue weighted by atomic mass is 79.9. The van der Waals surface area contributed by atoms with Gasteiger partial charge in [0.2, 0.25) is 0 Å². The lowest BCUT2D eigenvalue weighted by molar-refractivity contribution is -0.112. The number of amides is 1. The molecule has 0 aliphatic carbocycles. The van der Waals surface area contributed by atoms with Gasteiger partial charge >= 0.3 is 0 Å². The number of ether oxygens (including phenoxy) is 1. The lowest BCUT2D eigenvalue weighted by Crippen LogP contribution is -2.14. The number of hydrogen-bond donors (Lipinski definition) is 1. The zero-order valence-corrected chi connectivity index (χ0v) is 20.4. The van der Waals surface area contributed by atoms with Crippen molar-refractivity contribution in [1.29, 1.82) is 5.26 Å². The van der Waals surface area contributed by atoms with Gasteiger partial charge in [0.1, 0.15) is 24.0 Å². The molecule has 1 N–H and O–H groups in total. The second-order valence-electron chi connectivity index (χ2n) is 6.65. The van der Waals surface area contributed by atoms with Crippen LogP contribution in [0.3, 0.4) is 0 Å². The Bertz CT molecular complexity index is 1180. The number of benzene rings is 3. The van der Waals surface area contributed by atoms with Gasteiger partial charge in [-0.15, -0.1) is 0 Å². The number of carbonyl (C=O) groups is 1. The monoisotopic (exact) mass is 558 g/mol. The molecule has 0 bridgehead atoms. The Morgan fingerprint density at radius 3 is 2.45 bits per heavy atom. The second-order valence-corrected chi connectivity index (χ2v) is 8.76. The van der Waals surface area contributed by atoms with Gasteiger partial charge in [-0.25, -0.2) is 0 Å². The quantitative estimate of drug-likeness (QED) is 0.254. The second kappa shape index (κ2) is 10.6. The standard InChI is InChI=1S/C24H17Br2ClN2O2/c1-15-10-19(25)23(20(26)11-15)29-24(30)18(13-28)12-16-6-3-5-9-22(16)31-14-17-7-2-4-8-21(17)27/h2-12H,14H2,1H3,(H,29,30)/b18-12+. The molecule has 1 amide bonds. The summed E-state index contributed by atoms with van der Waals surface area (Å²) in [6.45, 7) is 2.21. The Balaban J connectivity index is 1.84. The number of aryl methyl sites for hydroxylation is 1. The smallest absolute Gasteiger partial charge is 0.266 e. The third kappa shape index (κ3) is 5.98. The van der Waals surface area contributed by atoms with Crippen molar-refractivity contribution < 1.29 is 9.53 Å². The number of carbonyl (C=O) groups excluding carboxylic acids is 1. The molecule has 31 heavy (non-hydrogen) atoms. The molecule has 0 saturated carbocycles. The molecule has 0 aromatic heterocycles. The summed E-state index contributed by atoms with van der Waals surface area (Å²) in [6.07, 6.45) is 1.51. The molecule has 0 saturated heterocycles. The summed E-state index contributed by atoms with van der Waals surface area (Å²) in [6, 6.07) is 20.4. The van der Waals surface area contributed by atoms with Gasteiger partial charge in [0.25, 0.3) is 5.91 Å². The van der Waals surface area contributed by atoms with E-state index in [0.717, 1.165) is 11.1 Å². The van der Waals surface area contributed by atoms with Crippen LogP contribution in [-0.4, -0.2) is 5.91 Å². The molecule has 0 unspecified atom stereocenters. The van der Waals surface area contributed by atoms with Crippen LogP contribution >= 0.6 is 43.5 Å². The number of nitrogens with zero attached hydrogens (tertiary/aromatic N) is 1. The molecule has 3 rings (SSSR count). The van der Waals surface area contributed by atoms with Gasteiger partial charge < -0.3 is 10.1 Å². The molecule has 0 heterocycles. The Morgan fingerprint density at radius 1 is 1.13 bits per heavy atom. The number of para-hydroxylation sites is 1. The minimum Gasteiger partial charge on any atom is -0.488 e. The van der Waals surface area contributed by atoms with Crippen molar-refractivity contribution in [3.63, 3.8) is 0 Å².